The minimum atomic E-state index is 0.353. The average Bonchev–Trinajstić information content (AvgIpc) is 2.30. The molecule has 1 aliphatic rings. The van der Waals surface area contributed by atoms with Crippen molar-refractivity contribution in [3.63, 3.8) is 0 Å². The van der Waals surface area contributed by atoms with E-state index in [0.29, 0.717) is 11.8 Å². The van der Waals surface area contributed by atoms with E-state index in [1.165, 1.54) is 24.8 Å². The zero-order valence-corrected chi connectivity index (χ0v) is 10.5. The smallest absolute Gasteiger partial charge is 0.115 e. The number of phenolic OH excluding ortho intramolecular Hbond substituents is 1. The highest BCUT2D eigenvalue weighted by molar-refractivity contribution is 5.26. The molecule has 0 aromatic heterocycles. The second kappa shape index (κ2) is 6.03. The Morgan fingerprint density at radius 3 is 3.00 bits per heavy atom. The zero-order valence-electron chi connectivity index (χ0n) is 10.5. The molecule has 0 saturated carbocycles. The second-order valence-corrected chi connectivity index (χ2v) is 5.01. The van der Waals surface area contributed by atoms with Crippen LogP contribution in [-0.2, 0) is 6.54 Å². The lowest BCUT2D eigenvalue weighted by molar-refractivity contribution is 0.256. The van der Waals surface area contributed by atoms with Gasteiger partial charge in [-0.2, -0.15) is 0 Å². The van der Waals surface area contributed by atoms with Gasteiger partial charge >= 0.3 is 0 Å². The third-order valence-corrected chi connectivity index (χ3v) is 3.31. The third kappa shape index (κ3) is 4.02. The molecule has 1 saturated heterocycles. The van der Waals surface area contributed by atoms with E-state index in [2.05, 4.69) is 23.3 Å². The van der Waals surface area contributed by atoms with Gasteiger partial charge in [-0.05, 0) is 44.1 Å². The summed E-state index contributed by atoms with van der Waals surface area (Å²) in [6.45, 7) is 3.13. The monoisotopic (exact) mass is 234 g/mol. The average molecular weight is 234 g/mol. The van der Waals surface area contributed by atoms with Crippen LogP contribution in [-0.4, -0.2) is 36.2 Å². The molecule has 2 rings (SSSR count). The van der Waals surface area contributed by atoms with Crippen LogP contribution in [0, 0.1) is 0 Å². The number of benzene rings is 1. The van der Waals surface area contributed by atoms with Crippen LogP contribution in [0.5, 0.6) is 5.75 Å². The van der Waals surface area contributed by atoms with Gasteiger partial charge < -0.3 is 15.3 Å². The minimum absolute atomic E-state index is 0.353. The topological polar surface area (TPSA) is 35.5 Å². The van der Waals surface area contributed by atoms with E-state index in [4.69, 9.17) is 0 Å². The molecule has 1 aromatic carbocycles. The van der Waals surface area contributed by atoms with Gasteiger partial charge in [0.15, 0.2) is 0 Å². The number of hydrogen-bond donors (Lipinski definition) is 2. The lowest BCUT2D eigenvalue weighted by atomic mass is 10.0. The van der Waals surface area contributed by atoms with Gasteiger partial charge in [0.05, 0.1) is 0 Å². The molecule has 0 amide bonds. The van der Waals surface area contributed by atoms with Gasteiger partial charge in [-0.3, -0.25) is 0 Å². The van der Waals surface area contributed by atoms with Crippen LogP contribution in [0.2, 0.25) is 0 Å². The van der Waals surface area contributed by atoms with Gasteiger partial charge in [-0.1, -0.05) is 18.6 Å². The van der Waals surface area contributed by atoms with Crippen LogP contribution in [0.25, 0.3) is 0 Å². The maximum absolute atomic E-state index is 9.42. The number of rotatable bonds is 4. The van der Waals surface area contributed by atoms with Crippen molar-refractivity contribution in [2.75, 3.05) is 20.1 Å². The third-order valence-electron chi connectivity index (χ3n) is 3.31. The predicted molar refractivity (Wildman–Crippen MR) is 70.1 cm³/mol. The number of likely N-dealkylation sites (N-methyl/N-ethyl adjacent to an activating group) is 1. The van der Waals surface area contributed by atoms with Gasteiger partial charge in [0.25, 0.3) is 0 Å². The number of hydrogen-bond acceptors (Lipinski definition) is 3. The molecule has 3 heteroatoms. The van der Waals surface area contributed by atoms with Gasteiger partial charge in [0.1, 0.15) is 5.75 Å². The quantitative estimate of drug-likeness (QED) is 0.836. The fourth-order valence-corrected chi connectivity index (χ4v) is 2.49. The van der Waals surface area contributed by atoms with Crippen molar-refractivity contribution in [3.8, 4) is 5.75 Å². The van der Waals surface area contributed by atoms with Crippen LogP contribution >= 0.6 is 0 Å². The molecule has 1 aromatic rings. The molecule has 0 radical (unpaired) electrons. The van der Waals surface area contributed by atoms with Gasteiger partial charge in [-0.15, -0.1) is 0 Å². The number of piperidine rings is 1. The summed E-state index contributed by atoms with van der Waals surface area (Å²) < 4.78 is 0. The summed E-state index contributed by atoms with van der Waals surface area (Å²) in [6, 6.07) is 8.14. The fraction of sp³-hybridized carbons (Fsp3) is 0.571. The van der Waals surface area contributed by atoms with Crippen molar-refractivity contribution in [1.82, 2.24) is 10.2 Å². The molecule has 94 valence electrons. The zero-order chi connectivity index (χ0) is 12.1. The van der Waals surface area contributed by atoms with Gasteiger partial charge in [0.2, 0.25) is 0 Å². The van der Waals surface area contributed by atoms with Crippen LogP contribution in [0.3, 0.4) is 0 Å². The lowest BCUT2D eigenvalue weighted by Crippen LogP contribution is -2.42. The standard InChI is InChI=1S/C14H22N2O/c1-16(11-13-6-2-3-8-15-13)10-12-5-4-7-14(17)9-12/h4-5,7,9,13,15,17H,2-3,6,8,10-11H2,1H3. The van der Waals surface area contributed by atoms with Crippen LogP contribution in [0.15, 0.2) is 24.3 Å². The molecule has 1 unspecified atom stereocenters. The Morgan fingerprint density at radius 1 is 1.41 bits per heavy atom. The van der Waals surface area contributed by atoms with E-state index in [9.17, 15) is 5.11 Å². The predicted octanol–water partition coefficient (Wildman–Crippen LogP) is 1.97. The molecule has 1 fully saturated rings. The normalized spacial score (nSPS) is 20.7. The summed E-state index contributed by atoms with van der Waals surface area (Å²) in [5.41, 5.74) is 1.17. The maximum Gasteiger partial charge on any atom is 0.115 e. The highest BCUT2D eigenvalue weighted by atomic mass is 16.3. The summed E-state index contributed by atoms with van der Waals surface area (Å²) in [5, 5.41) is 13.0. The van der Waals surface area contributed by atoms with Gasteiger partial charge in [0, 0.05) is 19.1 Å². The first kappa shape index (κ1) is 12.4. The van der Waals surface area contributed by atoms with Crippen LogP contribution < -0.4 is 5.32 Å². The Hall–Kier alpha value is -1.06. The highest BCUT2D eigenvalue weighted by Crippen LogP contribution is 2.13. The van der Waals surface area contributed by atoms with Crippen molar-refractivity contribution in [1.29, 1.82) is 0 Å². The Labute approximate surface area is 103 Å². The molecule has 0 spiro atoms. The van der Waals surface area contributed by atoms with Crippen LogP contribution in [0.4, 0.5) is 0 Å². The Bertz CT molecular complexity index is 348. The van der Waals surface area contributed by atoms with Crippen molar-refractivity contribution in [2.45, 2.75) is 31.8 Å². The van der Waals surface area contributed by atoms with Crippen molar-refractivity contribution < 1.29 is 5.11 Å². The molecule has 1 aliphatic heterocycles. The Kier molecular flexibility index (Phi) is 4.40. The first-order valence-electron chi connectivity index (χ1n) is 6.44. The largest absolute Gasteiger partial charge is 0.508 e. The van der Waals surface area contributed by atoms with E-state index < -0.39 is 0 Å². The highest BCUT2D eigenvalue weighted by Gasteiger charge is 2.14. The first-order chi connectivity index (χ1) is 8.24. The summed E-state index contributed by atoms with van der Waals surface area (Å²) in [7, 11) is 2.14. The molecule has 3 nitrogen and oxygen atoms in total. The number of aromatic hydroxyl groups is 1. The maximum atomic E-state index is 9.42. The van der Waals surface area contributed by atoms with E-state index in [1.54, 1.807) is 6.07 Å². The van der Waals surface area contributed by atoms with E-state index in [-0.39, 0.29) is 0 Å². The summed E-state index contributed by atoms with van der Waals surface area (Å²) in [5.74, 6) is 0.353. The molecular formula is C14H22N2O. The molecular weight excluding hydrogens is 212 g/mol. The lowest BCUT2D eigenvalue weighted by Gasteiger charge is -2.28. The Balaban J connectivity index is 1.82. The molecule has 2 N–H and O–H groups in total. The van der Waals surface area contributed by atoms with Crippen molar-refractivity contribution in [2.24, 2.45) is 0 Å². The summed E-state index contributed by atoms with van der Waals surface area (Å²) in [6.07, 6.45) is 3.94. The second-order valence-electron chi connectivity index (χ2n) is 5.01. The molecule has 0 aliphatic carbocycles. The van der Waals surface area contributed by atoms with Gasteiger partial charge in [-0.25, -0.2) is 0 Å². The first-order valence-corrected chi connectivity index (χ1v) is 6.44. The number of nitrogens with zero attached hydrogens (tertiary/aromatic N) is 1. The van der Waals surface area contributed by atoms with E-state index >= 15 is 0 Å². The number of nitrogens with one attached hydrogen (secondary N) is 1. The molecule has 1 atom stereocenters. The summed E-state index contributed by atoms with van der Waals surface area (Å²) >= 11 is 0. The fourth-order valence-electron chi connectivity index (χ4n) is 2.49. The Morgan fingerprint density at radius 2 is 2.29 bits per heavy atom. The molecule has 17 heavy (non-hydrogen) atoms. The van der Waals surface area contributed by atoms with E-state index in [1.807, 2.05) is 12.1 Å². The SMILES string of the molecule is CN(Cc1cccc(O)c1)CC1CCCCN1. The van der Waals surface area contributed by atoms with E-state index in [0.717, 1.165) is 19.6 Å². The number of phenols is 1. The molecule has 0 bridgehead atoms. The summed E-state index contributed by atoms with van der Waals surface area (Å²) in [4.78, 5) is 2.32. The molecule has 1 heterocycles. The van der Waals surface area contributed by atoms with Crippen LogP contribution in [0.1, 0.15) is 24.8 Å². The van der Waals surface area contributed by atoms with Crippen molar-refractivity contribution in [3.05, 3.63) is 29.8 Å². The minimum Gasteiger partial charge on any atom is -0.508 e. The van der Waals surface area contributed by atoms with Crippen molar-refractivity contribution >= 4 is 0 Å².